The van der Waals surface area contributed by atoms with Crippen LogP contribution < -0.4 is 10.1 Å². The van der Waals surface area contributed by atoms with E-state index < -0.39 is 0 Å². The molecule has 7 nitrogen and oxygen atoms in total. The molecule has 0 aliphatic rings. The lowest BCUT2D eigenvalue weighted by Gasteiger charge is -2.12. The highest BCUT2D eigenvalue weighted by atomic mass is 35.5. The van der Waals surface area contributed by atoms with Gasteiger partial charge < -0.3 is 10.1 Å². The second-order valence-electron chi connectivity index (χ2n) is 8.15. The molecule has 0 radical (unpaired) electrons. The predicted molar refractivity (Wildman–Crippen MR) is 145 cm³/mol. The van der Waals surface area contributed by atoms with Gasteiger partial charge in [0, 0.05) is 39.4 Å². The van der Waals surface area contributed by atoms with Crippen LogP contribution in [0, 0.1) is 0 Å². The summed E-state index contributed by atoms with van der Waals surface area (Å²) in [6, 6.07) is 28.8. The number of anilines is 2. The molecule has 0 aliphatic heterocycles. The van der Waals surface area contributed by atoms with E-state index in [0.29, 0.717) is 22.5 Å². The SMILES string of the molecule is Clc1ccc(-c2nnc(Nc3ccc(Oc4ncccc4-c4ccncn4)cc3)c3ccccc23)cc1. The molecular formula is C29H19ClN6O. The fourth-order valence-corrected chi connectivity index (χ4v) is 4.11. The summed E-state index contributed by atoms with van der Waals surface area (Å²) in [6.07, 6.45) is 4.88. The van der Waals surface area contributed by atoms with Crippen molar-refractivity contribution in [1.29, 1.82) is 0 Å². The summed E-state index contributed by atoms with van der Waals surface area (Å²) in [7, 11) is 0. The minimum atomic E-state index is 0.469. The molecule has 0 fully saturated rings. The summed E-state index contributed by atoms with van der Waals surface area (Å²) < 4.78 is 6.08. The van der Waals surface area contributed by atoms with Crippen LogP contribution in [-0.4, -0.2) is 25.1 Å². The van der Waals surface area contributed by atoms with Gasteiger partial charge >= 0.3 is 0 Å². The topological polar surface area (TPSA) is 85.7 Å². The number of ether oxygens (including phenoxy) is 1. The quantitative estimate of drug-likeness (QED) is 0.255. The number of nitrogens with zero attached hydrogens (tertiary/aromatic N) is 5. The summed E-state index contributed by atoms with van der Waals surface area (Å²) in [5, 5.41) is 15.0. The van der Waals surface area contributed by atoms with Crippen molar-refractivity contribution in [3.8, 4) is 34.1 Å². The second kappa shape index (κ2) is 10.0. The van der Waals surface area contributed by atoms with Crippen LogP contribution in [0.3, 0.4) is 0 Å². The largest absolute Gasteiger partial charge is 0.438 e. The molecule has 0 bridgehead atoms. The normalized spacial score (nSPS) is 10.8. The number of hydrogen-bond acceptors (Lipinski definition) is 7. The van der Waals surface area contributed by atoms with Crippen molar-refractivity contribution in [1.82, 2.24) is 25.1 Å². The zero-order chi connectivity index (χ0) is 25.0. The smallest absolute Gasteiger partial charge is 0.228 e. The third-order valence-electron chi connectivity index (χ3n) is 5.77. The van der Waals surface area contributed by atoms with Crippen LogP contribution in [-0.2, 0) is 0 Å². The van der Waals surface area contributed by atoms with E-state index in [-0.39, 0.29) is 0 Å². The van der Waals surface area contributed by atoms with Crippen LogP contribution in [0.15, 0.2) is 110 Å². The zero-order valence-electron chi connectivity index (χ0n) is 19.4. The van der Waals surface area contributed by atoms with Crippen LogP contribution in [0.1, 0.15) is 0 Å². The molecule has 3 aromatic carbocycles. The van der Waals surface area contributed by atoms with Crippen molar-refractivity contribution in [2.75, 3.05) is 5.32 Å². The van der Waals surface area contributed by atoms with E-state index in [0.717, 1.165) is 39.0 Å². The van der Waals surface area contributed by atoms with E-state index in [9.17, 15) is 0 Å². The number of aromatic nitrogens is 5. The van der Waals surface area contributed by atoms with Gasteiger partial charge in [-0.15, -0.1) is 10.2 Å². The molecule has 3 heterocycles. The first-order valence-corrected chi connectivity index (χ1v) is 11.9. The Bertz CT molecular complexity index is 1680. The van der Waals surface area contributed by atoms with Crippen molar-refractivity contribution in [3.05, 3.63) is 115 Å². The van der Waals surface area contributed by atoms with Gasteiger partial charge in [-0.1, -0.05) is 48.0 Å². The van der Waals surface area contributed by atoms with Crippen molar-refractivity contribution < 1.29 is 4.74 Å². The molecule has 0 spiro atoms. The van der Waals surface area contributed by atoms with Crippen LogP contribution in [0.5, 0.6) is 11.6 Å². The van der Waals surface area contributed by atoms with Gasteiger partial charge in [-0.2, -0.15) is 0 Å². The molecule has 0 saturated carbocycles. The first-order chi connectivity index (χ1) is 18.2. The maximum atomic E-state index is 6.08. The highest BCUT2D eigenvalue weighted by Crippen LogP contribution is 2.33. The van der Waals surface area contributed by atoms with Gasteiger partial charge in [0.15, 0.2) is 5.82 Å². The van der Waals surface area contributed by atoms with Crippen LogP contribution in [0.4, 0.5) is 11.5 Å². The molecule has 37 heavy (non-hydrogen) atoms. The Kier molecular flexibility index (Phi) is 6.10. The molecule has 8 heteroatoms. The highest BCUT2D eigenvalue weighted by Gasteiger charge is 2.12. The Balaban J connectivity index is 1.26. The van der Waals surface area contributed by atoms with E-state index in [1.165, 1.54) is 6.33 Å². The van der Waals surface area contributed by atoms with Gasteiger partial charge in [0.1, 0.15) is 17.8 Å². The number of benzene rings is 3. The molecule has 6 rings (SSSR count). The fourth-order valence-electron chi connectivity index (χ4n) is 3.99. The number of halogens is 1. The molecule has 178 valence electrons. The van der Waals surface area contributed by atoms with Gasteiger partial charge in [-0.05, 0) is 54.6 Å². The van der Waals surface area contributed by atoms with Gasteiger partial charge in [-0.25, -0.2) is 15.0 Å². The van der Waals surface area contributed by atoms with E-state index in [4.69, 9.17) is 16.3 Å². The first kappa shape index (κ1) is 22.6. The van der Waals surface area contributed by atoms with Gasteiger partial charge in [0.25, 0.3) is 0 Å². The van der Waals surface area contributed by atoms with E-state index >= 15 is 0 Å². The lowest BCUT2D eigenvalue weighted by atomic mass is 10.0. The van der Waals surface area contributed by atoms with Gasteiger partial charge in [0.05, 0.1) is 11.3 Å². The molecule has 0 unspecified atom stereocenters. The summed E-state index contributed by atoms with van der Waals surface area (Å²) in [5.74, 6) is 1.78. The first-order valence-electron chi connectivity index (χ1n) is 11.5. The molecule has 0 atom stereocenters. The summed E-state index contributed by atoms with van der Waals surface area (Å²) in [5.41, 5.74) is 4.13. The molecular weight excluding hydrogens is 484 g/mol. The number of pyridine rings is 1. The van der Waals surface area contributed by atoms with Gasteiger partial charge in [0.2, 0.25) is 5.88 Å². The lowest BCUT2D eigenvalue weighted by Crippen LogP contribution is -1.99. The molecule has 1 N–H and O–H groups in total. The van der Waals surface area contributed by atoms with Gasteiger partial charge in [-0.3, -0.25) is 0 Å². The predicted octanol–water partition coefficient (Wildman–Crippen LogP) is 7.34. The number of nitrogens with one attached hydrogen (secondary N) is 1. The summed E-state index contributed by atoms with van der Waals surface area (Å²) in [6.45, 7) is 0. The van der Waals surface area contributed by atoms with Crippen molar-refractivity contribution >= 4 is 33.9 Å². The van der Waals surface area contributed by atoms with E-state index in [1.807, 2.05) is 91.0 Å². The second-order valence-corrected chi connectivity index (χ2v) is 8.59. The maximum absolute atomic E-state index is 6.08. The molecule has 6 aromatic rings. The molecule has 0 saturated heterocycles. The minimum Gasteiger partial charge on any atom is -0.438 e. The third-order valence-corrected chi connectivity index (χ3v) is 6.02. The maximum Gasteiger partial charge on any atom is 0.228 e. The minimum absolute atomic E-state index is 0.469. The lowest BCUT2D eigenvalue weighted by molar-refractivity contribution is 0.465. The fraction of sp³-hybridized carbons (Fsp3) is 0. The standard InChI is InChI=1S/C29H19ClN6O/c30-20-9-7-19(8-10-20)27-23-4-1-2-5-24(23)28(36-35-27)34-21-11-13-22(14-12-21)37-29-25(6-3-16-32-29)26-15-17-31-18-33-26/h1-18H,(H,34,36). The Morgan fingerprint density at radius 2 is 1.51 bits per heavy atom. The summed E-state index contributed by atoms with van der Waals surface area (Å²) >= 11 is 6.06. The number of hydrogen-bond donors (Lipinski definition) is 1. The molecule has 0 aliphatic carbocycles. The number of fused-ring (bicyclic) bond motifs is 1. The third kappa shape index (κ3) is 4.80. The Morgan fingerprint density at radius 3 is 2.30 bits per heavy atom. The number of rotatable bonds is 6. The van der Waals surface area contributed by atoms with Crippen LogP contribution >= 0.6 is 11.6 Å². The van der Waals surface area contributed by atoms with Crippen LogP contribution in [0.25, 0.3) is 33.3 Å². The Labute approximate surface area is 217 Å². The Morgan fingerprint density at radius 1 is 0.703 bits per heavy atom. The molecule has 0 amide bonds. The monoisotopic (exact) mass is 502 g/mol. The van der Waals surface area contributed by atoms with Crippen molar-refractivity contribution in [3.63, 3.8) is 0 Å². The van der Waals surface area contributed by atoms with E-state index in [1.54, 1.807) is 12.4 Å². The van der Waals surface area contributed by atoms with Crippen molar-refractivity contribution in [2.24, 2.45) is 0 Å². The zero-order valence-corrected chi connectivity index (χ0v) is 20.2. The van der Waals surface area contributed by atoms with Crippen LogP contribution in [0.2, 0.25) is 5.02 Å². The summed E-state index contributed by atoms with van der Waals surface area (Å²) in [4.78, 5) is 12.7. The van der Waals surface area contributed by atoms with E-state index in [2.05, 4.69) is 30.5 Å². The Hall–Kier alpha value is -4.88. The van der Waals surface area contributed by atoms with Crippen molar-refractivity contribution in [2.45, 2.75) is 0 Å². The highest BCUT2D eigenvalue weighted by molar-refractivity contribution is 6.30. The average Bonchev–Trinajstić information content (AvgIpc) is 2.96. The average molecular weight is 503 g/mol. The molecule has 3 aromatic heterocycles.